The smallest absolute Gasteiger partial charge is 0.236 e. The molecule has 106 valence electrons. The number of anilines is 1. The van der Waals surface area contributed by atoms with Crippen LogP contribution in [0, 0.1) is 5.92 Å². The van der Waals surface area contributed by atoms with Crippen molar-refractivity contribution in [2.75, 3.05) is 24.5 Å². The molecule has 1 heterocycles. The third kappa shape index (κ3) is 5.70. The Bertz CT molecular complexity index is 389. The number of hydrogen-bond acceptors (Lipinski definition) is 4. The molecule has 0 spiro atoms. The van der Waals surface area contributed by atoms with Crippen LogP contribution in [0.1, 0.15) is 26.3 Å². The van der Waals surface area contributed by atoms with Gasteiger partial charge in [0.05, 0.1) is 6.54 Å². The SMILES string of the molecule is CCN(CC(N)=O)c1ccc(CNCC(C)C)cn1. The molecule has 0 unspecified atom stereocenters. The largest absolute Gasteiger partial charge is 0.368 e. The first-order valence-electron chi connectivity index (χ1n) is 6.71. The zero-order chi connectivity index (χ0) is 14.3. The van der Waals surface area contributed by atoms with Gasteiger partial charge < -0.3 is 16.0 Å². The molecule has 19 heavy (non-hydrogen) atoms. The summed E-state index contributed by atoms with van der Waals surface area (Å²) in [4.78, 5) is 17.2. The van der Waals surface area contributed by atoms with Gasteiger partial charge in [-0.2, -0.15) is 0 Å². The van der Waals surface area contributed by atoms with E-state index in [9.17, 15) is 4.79 Å². The first kappa shape index (κ1) is 15.4. The molecule has 0 aliphatic carbocycles. The minimum atomic E-state index is -0.341. The van der Waals surface area contributed by atoms with E-state index in [0.29, 0.717) is 12.5 Å². The Morgan fingerprint density at radius 1 is 1.47 bits per heavy atom. The molecule has 5 heteroatoms. The number of hydrogen-bond donors (Lipinski definition) is 2. The van der Waals surface area contributed by atoms with E-state index < -0.39 is 0 Å². The maximum atomic E-state index is 11.0. The minimum Gasteiger partial charge on any atom is -0.368 e. The van der Waals surface area contributed by atoms with Crippen LogP contribution in [0.3, 0.4) is 0 Å². The molecule has 0 aromatic carbocycles. The number of aromatic nitrogens is 1. The van der Waals surface area contributed by atoms with Crippen molar-refractivity contribution in [3.63, 3.8) is 0 Å². The molecule has 0 radical (unpaired) electrons. The third-order valence-corrected chi connectivity index (χ3v) is 2.74. The van der Waals surface area contributed by atoms with Crippen LogP contribution >= 0.6 is 0 Å². The van der Waals surface area contributed by atoms with Gasteiger partial charge in [-0.25, -0.2) is 4.98 Å². The van der Waals surface area contributed by atoms with Gasteiger partial charge in [0.15, 0.2) is 0 Å². The van der Waals surface area contributed by atoms with Crippen LogP contribution in [-0.2, 0) is 11.3 Å². The molecule has 0 aliphatic rings. The van der Waals surface area contributed by atoms with Gasteiger partial charge in [0.1, 0.15) is 5.82 Å². The lowest BCUT2D eigenvalue weighted by Crippen LogP contribution is -2.34. The Morgan fingerprint density at radius 2 is 2.21 bits per heavy atom. The summed E-state index contributed by atoms with van der Waals surface area (Å²) >= 11 is 0. The first-order chi connectivity index (χ1) is 9.02. The highest BCUT2D eigenvalue weighted by Gasteiger charge is 2.08. The number of carbonyl (C=O) groups excluding carboxylic acids is 1. The van der Waals surface area contributed by atoms with Crippen molar-refractivity contribution >= 4 is 11.7 Å². The maximum Gasteiger partial charge on any atom is 0.236 e. The van der Waals surface area contributed by atoms with Gasteiger partial charge in [-0.1, -0.05) is 19.9 Å². The van der Waals surface area contributed by atoms with Gasteiger partial charge in [0, 0.05) is 19.3 Å². The summed E-state index contributed by atoms with van der Waals surface area (Å²) in [6.07, 6.45) is 1.84. The molecule has 0 atom stereocenters. The molecule has 0 saturated heterocycles. The summed E-state index contributed by atoms with van der Waals surface area (Å²) < 4.78 is 0. The van der Waals surface area contributed by atoms with Crippen LogP contribution in [-0.4, -0.2) is 30.5 Å². The Labute approximate surface area is 115 Å². The standard InChI is InChI=1S/C14H24N4O/c1-4-18(10-13(15)19)14-6-5-12(9-17-14)8-16-7-11(2)3/h5-6,9,11,16H,4,7-8,10H2,1-3H3,(H2,15,19). The van der Waals surface area contributed by atoms with E-state index in [1.54, 1.807) is 0 Å². The zero-order valence-electron chi connectivity index (χ0n) is 12.0. The fraction of sp³-hybridized carbons (Fsp3) is 0.571. The summed E-state index contributed by atoms with van der Waals surface area (Å²) in [5.41, 5.74) is 6.35. The van der Waals surface area contributed by atoms with E-state index in [1.165, 1.54) is 0 Å². The summed E-state index contributed by atoms with van der Waals surface area (Å²) in [6.45, 7) is 9.05. The number of pyridine rings is 1. The highest BCUT2D eigenvalue weighted by atomic mass is 16.1. The highest BCUT2D eigenvalue weighted by molar-refractivity contribution is 5.79. The topological polar surface area (TPSA) is 71.2 Å². The Kier molecular flexibility index (Phi) is 6.29. The monoisotopic (exact) mass is 264 g/mol. The zero-order valence-corrected chi connectivity index (χ0v) is 12.0. The number of carbonyl (C=O) groups is 1. The molecule has 5 nitrogen and oxygen atoms in total. The molecule has 1 aromatic rings. The van der Waals surface area contributed by atoms with E-state index in [2.05, 4.69) is 24.1 Å². The maximum absolute atomic E-state index is 11.0. The summed E-state index contributed by atoms with van der Waals surface area (Å²) in [7, 11) is 0. The van der Waals surface area contributed by atoms with E-state index in [4.69, 9.17) is 5.73 Å². The molecular weight excluding hydrogens is 240 g/mol. The van der Waals surface area contributed by atoms with E-state index in [-0.39, 0.29) is 12.5 Å². The lowest BCUT2D eigenvalue weighted by atomic mass is 10.2. The average Bonchev–Trinajstić information content (AvgIpc) is 2.36. The van der Waals surface area contributed by atoms with Gasteiger partial charge >= 0.3 is 0 Å². The number of primary amides is 1. The van der Waals surface area contributed by atoms with Crippen molar-refractivity contribution in [3.05, 3.63) is 23.9 Å². The predicted molar refractivity (Wildman–Crippen MR) is 77.9 cm³/mol. The van der Waals surface area contributed by atoms with Gasteiger partial charge in [-0.3, -0.25) is 4.79 Å². The van der Waals surface area contributed by atoms with E-state index in [0.717, 1.165) is 24.5 Å². The molecule has 1 aromatic heterocycles. The number of likely N-dealkylation sites (N-methyl/N-ethyl adjacent to an activating group) is 1. The van der Waals surface area contributed by atoms with Crippen molar-refractivity contribution in [1.82, 2.24) is 10.3 Å². The Morgan fingerprint density at radius 3 is 2.68 bits per heavy atom. The molecule has 1 rings (SSSR count). The first-order valence-corrected chi connectivity index (χ1v) is 6.71. The average molecular weight is 264 g/mol. The summed E-state index contributed by atoms with van der Waals surface area (Å²) in [5, 5.41) is 3.37. The summed E-state index contributed by atoms with van der Waals surface area (Å²) in [5.74, 6) is 1.08. The van der Waals surface area contributed by atoms with Crippen molar-refractivity contribution in [2.24, 2.45) is 11.7 Å². The minimum absolute atomic E-state index is 0.203. The van der Waals surface area contributed by atoms with Crippen LogP contribution in [0.4, 0.5) is 5.82 Å². The number of nitrogens with one attached hydrogen (secondary N) is 1. The molecule has 1 amide bonds. The predicted octanol–water partition coefficient (Wildman–Crippen LogP) is 1.14. The van der Waals surface area contributed by atoms with Crippen molar-refractivity contribution < 1.29 is 4.79 Å². The quantitative estimate of drug-likeness (QED) is 0.738. The van der Waals surface area contributed by atoms with Crippen molar-refractivity contribution in [3.8, 4) is 0 Å². The molecule has 3 N–H and O–H groups in total. The molecular formula is C14H24N4O. The van der Waals surface area contributed by atoms with Gasteiger partial charge in [0.25, 0.3) is 0 Å². The van der Waals surface area contributed by atoms with E-state index in [1.807, 2.05) is 30.2 Å². The Hall–Kier alpha value is -1.62. The second-order valence-corrected chi connectivity index (χ2v) is 5.03. The lowest BCUT2D eigenvalue weighted by molar-refractivity contribution is -0.116. The van der Waals surface area contributed by atoms with Crippen LogP contribution in [0.5, 0.6) is 0 Å². The van der Waals surface area contributed by atoms with Gasteiger partial charge in [0.2, 0.25) is 5.91 Å². The fourth-order valence-corrected chi connectivity index (χ4v) is 1.76. The van der Waals surface area contributed by atoms with Crippen molar-refractivity contribution in [1.29, 1.82) is 0 Å². The third-order valence-electron chi connectivity index (χ3n) is 2.74. The van der Waals surface area contributed by atoms with Crippen LogP contribution in [0.25, 0.3) is 0 Å². The van der Waals surface area contributed by atoms with E-state index >= 15 is 0 Å². The van der Waals surface area contributed by atoms with Gasteiger partial charge in [-0.15, -0.1) is 0 Å². The number of nitrogens with two attached hydrogens (primary N) is 1. The van der Waals surface area contributed by atoms with Crippen LogP contribution < -0.4 is 16.0 Å². The van der Waals surface area contributed by atoms with Crippen molar-refractivity contribution in [2.45, 2.75) is 27.3 Å². The molecule has 0 fully saturated rings. The molecule has 0 bridgehead atoms. The number of rotatable bonds is 8. The Balaban J connectivity index is 2.56. The molecule has 0 aliphatic heterocycles. The normalized spacial score (nSPS) is 10.7. The second kappa shape index (κ2) is 7.74. The number of amides is 1. The highest BCUT2D eigenvalue weighted by Crippen LogP contribution is 2.10. The second-order valence-electron chi connectivity index (χ2n) is 5.03. The molecule has 0 saturated carbocycles. The fourth-order valence-electron chi connectivity index (χ4n) is 1.76. The van der Waals surface area contributed by atoms with Gasteiger partial charge in [-0.05, 0) is 31.0 Å². The lowest BCUT2D eigenvalue weighted by Gasteiger charge is -2.20. The van der Waals surface area contributed by atoms with Crippen LogP contribution in [0.2, 0.25) is 0 Å². The number of nitrogens with zero attached hydrogens (tertiary/aromatic N) is 2. The van der Waals surface area contributed by atoms with Crippen LogP contribution in [0.15, 0.2) is 18.3 Å². The summed E-state index contributed by atoms with van der Waals surface area (Å²) in [6, 6.07) is 3.96.